The van der Waals surface area contributed by atoms with Crippen molar-refractivity contribution in [3.63, 3.8) is 0 Å². The van der Waals surface area contributed by atoms with E-state index < -0.39 is 0 Å². The summed E-state index contributed by atoms with van der Waals surface area (Å²) in [6, 6.07) is 12.4. The van der Waals surface area contributed by atoms with Crippen molar-refractivity contribution in [2.45, 2.75) is 39.3 Å². The molecule has 0 amide bonds. The molecule has 0 aliphatic heterocycles. The van der Waals surface area contributed by atoms with Gasteiger partial charge in [0, 0.05) is 12.6 Å². The van der Waals surface area contributed by atoms with E-state index in [4.69, 9.17) is 0 Å². The van der Waals surface area contributed by atoms with Crippen LogP contribution in [0.15, 0.2) is 36.4 Å². The summed E-state index contributed by atoms with van der Waals surface area (Å²) >= 11 is 0. The number of halogens is 1. The number of benzene rings is 2. The summed E-state index contributed by atoms with van der Waals surface area (Å²) in [6.45, 7) is 4.94. The molecule has 1 aliphatic carbocycles. The van der Waals surface area contributed by atoms with Gasteiger partial charge in [-0.25, -0.2) is 4.39 Å². The summed E-state index contributed by atoms with van der Waals surface area (Å²) in [6.07, 6.45) is 2.61. The zero-order valence-electron chi connectivity index (χ0n) is 12.0. The number of nitrogens with one attached hydrogen (secondary N) is 1. The molecule has 2 aromatic rings. The molecule has 1 nitrogen and oxygen atoms in total. The van der Waals surface area contributed by atoms with Crippen LogP contribution < -0.4 is 5.32 Å². The van der Waals surface area contributed by atoms with Gasteiger partial charge in [0.1, 0.15) is 5.82 Å². The molecule has 2 aromatic carbocycles. The van der Waals surface area contributed by atoms with Gasteiger partial charge in [-0.1, -0.05) is 24.3 Å². The quantitative estimate of drug-likeness (QED) is 0.869. The van der Waals surface area contributed by atoms with Gasteiger partial charge in [-0.3, -0.25) is 0 Å². The molecule has 0 radical (unpaired) electrons. The summed E-state index contributed by atoms with van der Waals surface area (Å²) in [7, 11) is 0. The average Bonchev–Trinajstić information content (AvgIpc) is 3.19. The first kappa shape index (κ1) is 13.3. The summed E-state index contributed by atoms with van der Waals surface area (Å²) < 4.78 is 13.5. The van der Waals surface area contributed by atoms with Crippen molar-refractivity contribution in [3.05, 3.63) is 58.9 Å². The zero-order chi connectivity index (χ0) is 14.1. The lowest BCUT2D eigenvalue weighted by molar-refractivity contribution is 0.627. The Morgan fingerprint density at radius 3 is 2.55 bits per heavy atom. The van der Waals surface area contributed by atoms with Gasteiger partial charge >= 0.3 is 0 Å². The van der Waals surface area contributed by atoms with Crippen LogP contribution in [-0.4, -0.2) is 6.04 Å². The first-order valence-electron chi connectivity index (χ1n) is 7.22. The van der Waals surface area contributed by atoms with E-state index in [9.17, 15) is 4.39 Å². The summed E-state index contributed by atoms with van der Waals surface area (Å²) in [5.74, 6) is -0.168. The van der Waals surface area contributed by atoms with E-state index in [1.54, 1.807) is 12.1 Å². The molecule has 0 unspecified atom stereocenters. The average molecular weight is 269 g/mol. The maximum Gasteiger partial charge on any atom is 0.124 e. The predicted molar refractivity (Wildman–Crippen MR) is 81.2 cm³/mol. The maximum absolute atomic E-state index is 13.5. The van der Waals surface area contributed by atoms with Crippen LogP contribution in [0.1, 0.15) is 29.5 Å². The normalized spacial score (nSPS) is 14.6. The molecule has 3 rings (SSSR count). The number of hydrogen-bond acceptors (Lipinski definition) is 1. The molecule has 0 bridgehead atoms. The van der Waals surface area contributed by atoms with Gasteiger partial charge < -0.3 is 5.32 Å². The van der Waals surface area contributed by atoms with Crippen molar-refractivity contribution >= 4 is 0 Å². The van der Waals surface area contributed by atoms with Gasteiger partial charge in [0.25, 0.3) is 0 Å². The second-order valence-electron chi connectivity index (χ2n) is 5.82. The van der Waals surface area contributed by atoms with E-state index in [-0.39, 0.29) is 5.82 Å². The molecule has 20 heavy (non-hydrogen) atoms. The molecule has 0 saturated heterocycles. The van der Waals surface area contributed by atoms with Crippen LogP contribution in [0.25, 0.3) is 11.1 Å². The number of rotatable bonds is 4. The van der Waals surface area contributed by atoms with E-state index in [0.717, 1.165) is 29.3 Å². The Hall–Kier alpha value is -1.67. The molecule has 1 aliphatic rings. The topological polar surface area (TPSA) is 12.0 Å². The van der Waals surface area contributed by atoms with Gasteiger partial charge in [0.15, 0.2) is 0 Å². The van der Waals surface area contributed by atoms with E-state index >= 15 is 0 Å². The molecular weight excluding hydrogens is 249 g/mol. The van der Waals surface area contributed by atoms with Gasteiger partial charge in [0.2, 0.25) is 0 Å². The highest BCUT2D eigenvalue weighted by molar-refractivity contribution is 5.68. The van der Waals surface area contributed by atoms with Crippen LogP contribution in [0.4, 0.5) is 4.39 Å². The van der Waals surface area contributed by atoms with Crippen molar-refractivity contribution in [2.24, 2.45) is 0 Å². The standard InChI is InChI=1S/C18H20FN/c1-12-7-15(10-16(19)8-12)18-6-3-14(9-13(18)2)11-20-17-4-5-17/h3,6-10,17,20H,4-5,11H2,1-2H3. The fourth-order valence-corrected chi connectivity index (χ4v) is 2.60. The van der Waals surface area contributed by atoms with E-state index in [0.29, 0.717) is 0 Å². The second kappa shape index (κ2) is 5.37. The molecule has 1 fully saturated rings. The molecule has 104 valence electrons. The number of aryl methyl sites for hydroxylation is 2. The van der Waals surface area contributed by atoms with Crippen molar-refractivity contribution < 1.29 is 4.39 Å². The van der Waals surface area contributed by atoms with Crippen LogP contribution >= 0.6 is 0 Å². The van der Waals surface area contributed by atoms with Gasteiger partial charge in [-0.15, -0.1) is 0 Å². The summed E-state index contributed by atoms with van der Waals surface area (Å²) in [5, 5.41) is 3.52. The molecule has 1 saturated carbocycles. The van der Waals surface area contributed by atoms with Crippen LogP contribution in [0.5, 0.6) is 0 Å². The molecular formula is C18H20FN. The first-order valence-corrected chi connectivity index (χ1v) is 7.22. The number of hydrogen-bond donors (Lipinski definition) is 1. The zero-order valence-corrected chi connectivity index (χ0v) is 12.0. The fraction of sp³-hybridized carbons (Fsp3) is 0.333. The predicted octanol–water partition coefficient (Wildman–Crippen LogP) is 4.36. The smallest absolute Gasteiger partial charge is 0.124 e. The Morgan fingerprint density at radius 2 is 1.90 bits per heavy atom. The van der Waals surface area contributed by atoms with Gasteiger partial charge in [-0.05, 0) is 66.6 Å². The second-order valence-corrected chi connectivity index (χ2v) is 5.82. The SMILES string of the molecule is Cc1cc(F)cc(-c2ccc(CNC3CC3)cc2C)c1. The summed E-state index contributed by atoms with van der Waals surface area (Å²) in [4.78, 5) is 0. The lowest BCUT2D eigenvalue weighted by Crippen LogP contribution is -2.15. The van der Waals surface area contributed by atoms with Crippen LogP contribution in [0, 0.1) is 19.7 Å². The van der Waals surface area contributed by atoms with Crippen molar-refractivity contribution in [1.82, 2.24) is 5.32 Å². The molecule has 1 N–H and O–H groups in total. The van der Waals surface area contributed by atoms with E-state index in [2.05, 4.69) is 30.4 Å². The highest BCUT2D eigenvalue weighted by atomic mass is 19.1. The van der Waals surface area contributed by atoms with E-state index in [1.807, 2.05) is 13.0 Å². The monoisotopic (exact) mass is 269 g/mol. The van der Waals surface area contributed by atoms with Crippen LogP contribution in [0.2, 0.25) is 0 Å². The largest absolute Gasteiger partial charge is 0.310 e. The summed E-state index contributed by atoms with van der Waals surface area (Å²) in [5.41, 5.74) is 5.53. The first-order chi connectivity index (χ1) is 9.61. The highest BCUT2D eigenvalue weighted by Gasteiger charge is 2.19. The van der Waals surface area contributed by atoms with Crippen molar-refractivity contribution in [2.75, 3.05) is 0 Å². The highest BCUT2D eigenvalue weighted by Crippen LogP contribution is 2.26. The molecule has 0 spiro atoms. The van der Waals surface area contributed by atoms with Crippen LogP contribution in [0.3, 0.4) is 0 Å². The third-order valence-electron chi connectivity index (χ3n) is 3.82. The molecule has 0 aromatic heterocycles. The third-order valence-corrected chi connectivity index (χ3v) is 3.82. The van der Waals surface area contributed by atoms with E-state index in [1.165, 1.54) is 24.0 Å². The molecule has 2 heteroatoms. The van der Waals surface area contributed by atoms with Gasteiger partial charge in [-0.2, -0.15) is 0 Å². The Labute approximate surface area is 119 Å². The Morgan fingerprint density at radius 1 is 1.10 bits per heavy atom. The Balaban J connectivity index is 1.85. The lowest BCUT2D eigenvalue weighted by Gasteiger charge is -2.10. The third kappa shape index (κ3) is 3.07. The molecule has 0 atom stereocenters. The maximum atomic E-state index is 13.5. The van der Waals surface area contributed by atoms with Crippen LogP contribution in [-0.2, 0) is 6.54 Å². The van der Waals surface area contributed by atoms with Crippen molar-refractivity contribution in [1.29, 1.82) is 0 Å². The Kier molecular flexibility index (Phi) is 3.58. The minimum atomic E-state index is -0.168. The van der Waals surface area contributed by atoms with Crippen molar-refractivity contribution in [3.8, 4) is 11.1 Å². The Bertz CT molecular complexity index is 609. The van der Waals surface area contributed by atoms with Gasteiger partial charge in [0.05, 0.1) is 0 Å². The fourth-order valence-electron chi connectivity index (χ4n) is 2.60. The minimum Gasteiger partial charge on any atom is -0.310 e. The molecule has 0 heterocycles. The minimum absolute atomic E-state index is 0.168. The lowest BCUT2D eigenvalue weighted by atomic mass is 9.97.